The maximum atomic E-state index is 10.6. The molecule has 0 bridgehead atoms. The van der Waals surface area contributed by atoms with Gasteiger partial charge < -0.3 is 4.74 Å². The number of cyclic esters (lactones) is 2. The highest BCUT2D eigenvalue weighted by molar-refractivity contribution is 6.09. The van der Waals surface area contributed by atoms with Crippen LogP contribution in [0.25, 0.3) is 0 Å². The van der Waals surface area contributed by atoms with E-state index in [0.717, 1.165) is 19.3 Å². The molecule has 1 fully saturated rings. The molecule has 1 rings (SSSR count). The minimum Gasteiger partial charge on any atom is -0.392 e. The molecule has 0 N–H and O–H groups in total. The molecular formula is C8H12O3. The van der Waals surface area contributed by atoms with E-state index in [9.17, 15) is 9.59 Å². The predicted molar refractivity (Wildman–Crippen MR) is 38.7 cm³/mol. The first-order valence-electron chi connectivity index (χ1n) is 4.01. The number of hydrogen-bond acceptors (Lipinski definition) is 3. The summed E-state index contributed by atoms with van der Waals surface area (Å²) in [5, 5.41) is 0. The van der Waals surface area contributed by atoms with E-state index in [1.54, 1.807) is 0 Å². The lowest BCUT2D eigenvalue weighted by molar-refractivity contribution is -0.184. The maximum absolute atomic E-state index is 10.6. The summed E-state index contributed by atoms with van der Waals surface area (Å²) in [5.74, 6) is -1.11. The molecule has 3 nitrogen and oxygen atoms in total. The van der Waals surface area contributed by atoms with Gasteiger partial charge in [0.1, 0.15) is 0 Å². The third-order valence-electron chi connectivity index (χ3n) is 1.87. The normalized spacial score (nSPS) is 17.9. The van der Waals surface area contributed by atoms with E-state index in [1.807, 2.05) is 0 Å². The Morgan fingerprint density at radius 1 is 1.27 bits per heavy atom. The molecule has 11 heavy (non-hydrogen) atoms. The summed E-state index contributed by atoms with van der Waals surface area (Å²) < 4.78 is 4.20. The fourth-order valence-corrected chi connectivity index (χ4v) is 1.11. The third-order valence-corrected chi connectivity index (χ3v) is 1.87. The molecule has 0 aromatic rings. The van der Waals surface area contributed by atoms with Crippen LogP contribution in [0.5, 0.6) is 0 Å². The van der Waals surface area contributed by atoms with Crippen molar-refractivity contribution in [2.75, 3.05) is 0 Å². The smallest absolute Gasteiger partial charge is 0.328 e. The summed E-state index contributed by atoms with van der Waals surface area (Å²) in [5.41, 5.74) is 0. The highest BCUT2D eigenvalue weighted by atomic mass is 16.6. The van der Waals surface area contributed by atoms with Crippen LogP contribution in [0, 0.1) is 5.92 Å². The molecule has 1 aliphatic rings. The largest absolute Gasteiger partial charge is 0.392 e. The zero-order valence-corrected chi connectivity index (χ0v) is 6.63. The number of ether oxygens (including phenoxy) is 1. The van der Waals surface area contributed by atoms with Crippen molar-refractivity contribution in [3.63, 3.8) is 0 Å². The number of carbonyl (C=O) groups is 2. The van der Waals surface area contributed by atoms with Crippen LogP contribution < -0.4 is 0 Å². The highest BCUT2D eigenvalue weighted by Crippen LogP contribution is 2.21. The van der Waals surface area contributed by atoms with Crippen molar-refractivity contribution < 1.29 is 14.3 Å². The Morgan fingerprint density at radius 2 is 1.91 bits per heavy atom. The highest BCUT2D eigenvalue weighted by Gasteiger charge is 2.40. The zero-order chi connectivity index (χ0) is 8.27. The van der Waals surface area contributed by atoms with Crippen molar-refractivity contribution in [2.45, 2.75) is 32.6 Å². The van der Waals surface area contributed by atoms with Crippen LogP contribution in [-0.2, 0) is 14.3 Å². The van der Waals surface area contributed by atoms with E-state index < -0.39 is 5.92 Å². The van der Waals surface area contributed by atoms with Crippen molar-refractivity contribution in [2.24, 2.45) is 5.92 Å². The van der Waals surface area contributed by atoms with Crippen LogP contribution in [0.3, 0.4) is 0 Å². The summed E-state index contributed by atoms with van der Waals surface area (Å²) in [6.45, 7) is 2.08. The van der Waals surface area contributed by atoms with Crippen LogP contribution in [-0.4, -0.2) is 11.9 Å². The monoisotopic (exact) mass is 156 g/mol. The Bertz CT molecular complexity index is 160. The van der Waals surface area contributed by atoms with Gasteiger partial charge in [0.2, 0.25) is 0 Å². The first-order chi connectivity index (χ1) is 5.25. The van der Waals surface area contributed by atoms with Crippen LogP contribution in [0.4, 0.5) is 0 Å². The number of rotatable bonds is 4. The quantitative estimate of drug-likeness (QED) is 0.349. The first kappa shape index (κ1) is 8.24. The summed E-state index contributed by atoms with van der Waals surface area (Å²) in [4.78, 5) is 21.2. The standard InChI is InChI=1S/C8H12O3/c1-2-3-4-5-6-7(9)11-8(6)10/h6H,2-5H2,1H3. The summed E-state index contributed by atoms with van der Waals surface area (Å²) in [6.07, 6.45) is 3.81. The van der Waals surface area contributed by atoms with Gasteiger partial charge in [0, 0.05) is 0 Å². The van der Waals surface area contributed by atoms with Gasteiger partial charge >= 0.3 is 11.9 Å². The van der Waals surface area contributed by atoms with Gasteiger partial charge in [-0.3, -0.25) is 9.59 Å². The maximum Gasteiger partial charge on any atom is 0.328 e. The van der Waals surface area contributed by atoms with Crippen LogP contribution in [0.1, 0.15) is 32.6 Å². The van der Waals surface area contributed by atoms with Crippen molar-refractivity contribution in [1.82, 2.24) is 0 Å². The van der Waals surface area contributed by atoms with Gasteiger partial charge in [-0.15, -0.1) is 0 Å². The Balaban J connectivity index is 2.16. The summed E-state index contributed by atoms with van der Waals surface area (Å²) >= 11 is 0. The fourth-order valence-electron chi connectivity index (χ4n) is 1.11. The minimum absolute atomic E-state index is 0.342. The topological polar surface area (TPSA) is 43.4 Å². The van der Waals surface area contributed by atoms with Crippen LogP contribution >= 0.6 is 0 Å². The van der Waals surface area contributed by atoms with Crippen LogP contribution in [0.15, 0.2) is 0 Å². The van der Waals surface area contributed by atoms with Gasteiger partial charge in [0.15, 0.2) is 5.92 Å². The molecule has 0 atom stereocenters. The zero-order valence-electron chi connectivity index (χ0n) is 6.63. The molecule has 0 radical (unpaired) electrons. The average molecular weight is 156 g/mol. The number of unbranched alkanes of at least 4 members (excludes halogenated alkanes) is 2. The van der Waals surface area contributed by atoms with Gasteiger partial charge in [-0.05, 0) is 6.42 Å². The van der Waals surface area contributed by atoms with E-state index in [-0.39, 0.29) is 11.9 Å². The molecule has 1 heterocycles. The van der Waals surface area contributed by atoms with E-state index >= 15 is 0 Å². The molecular weight excluding hydrogens is 144 g/mol. The second-order valence-corrected chi connectivity index (χ2v) is 2.79. The molecule has 0 aromatic carbocycles. The van der Waals surface area contributed by atoms with Gasteiger partial charge in [-0.2, -0.15) is 0 Å². The van der Waals surface area contributed by atoms with E-state index in [0.29, 0.717) is 6.42 Å². The van der Waals surface area contributed by atoms with Crippen LogP contribution in [0.2, 0.25) is 0 Å². The SMILES string of the molecule is CCCCCC1C(=O)OC1=O. The van der Waals surface area contributed by atoms with Crippen molar-refractivity contribution >= 4 is 11.9 Å². The Labute approximate surface area is 65.7 Å². The van der Waals surface area contributed by atoms with Crippen molar-refractivity contribution in [1.29, 1.82) is 0 Å². The Morgan fingerprint density at radius 3 is 2.36 bits per heavy atom. The lowest BCUT2D eigenvalue weighted by Gasteiger charge is -2.20. The molecule has 3 heteroatoms. The molecule has 0 saturated carbocycles. The van der Waals surface area contributed by atoms with E-state index in [4.69, 9.17) is 0 Å². The minimum atomic E-state index is -0.429. The number of esters is 2. The number of carbonyl (C=O) groups excluding carboxylic acids is 2. The first-order valence-corrected chi connectivity index (χ1v) is 4.01. The molecule has 0 spiro atoms. The average Bonchev–Trinajstić information content (AvgIpc) is 1.98. The van der Waals surface area contributed by atoms with E-state index in [2.05, 4.69) is 11.7 Å². The molecule has 1 saturated heterocycles. The van der Waals surface area contributed by atoms with Crippen molar-refractivity contribution in [3.8, 4) is 0 Å². The fraction of sp³-hybridized carbons (Fsp3) is 0.750. The van der Waals surface area contributed by atoms with E-state index in [1.165, 1.54) is 0 Å². The van der Waals surface area contributed by atoms with Gasteiger partial charge in [0.25, 0.3) is 0 Å². The summed E-state index contributed by atoms with van der Waals surface area (Å²) in [7, 11) is 0. The third kappa shape index (κ3) is 1.79. The second kappa shape index (κ2) is 3.51. The molecule has 0 aliphatic carbocycles. The molecule has 0 unspecified atom stereocenters. The molecule has 1 aliphatic heterocycles. The lowest BCUT2D eigenvalue weighted by Crippen LogP contribution is -2.40. The predicted octanol–water partition coefficient (Wildman–Crippen LogP) is 1.27. The Hall–Kier alpha value is -0.860. The Kier molecular flexibility index (Phi) is 2.63. The lowest BCUT2D eigenvalue weighted by atomic mass is 9.98. The van der Waals surface area contributed by atoms with Gasteiger partial charge in [0.05, 0.1) is 0 Å². The molecule has 0 aromatic heterocycles. The second-order valence-electron chi connectivity index (χ2n) is 2.79. The summed E-state index contributed by atoms with van der Waals surface area (Å²) in [6, 6.07) is 0. The molecule has 62 valence electrons. The van der Waals surface area contributed by atoms with Gasteiger partial charge in [-0.25, -0.2) is 0 Å². The van der Waals surface area contributed by atoms with Gasteiger partial charge in [-0.1, -0.05) is 26.2 Å². The van der Waals surface area contributed by atoms with Crippen molar-refractivity contribution in [3.05, 3.63) is 0 Å². The molecule has 0 amide bonds. The number of hydrogen-bond donors (Lipinski definition) is 0.